The number of hydrogen-bond acceptors (Lipinski definition) is 3. The minimum atomic E-state index is -3.79. The van der Waals surface area contributed by atoms with Gasteiger partial charge in [0.25, 0.3) is 0 Å². The van der Waals surface area contributed by atoms with Gasteiger partial charge in [-0.05, 0) is 62.4 Å². The van der Waals surface area contributed by atoms with Crippen LogP contribution >= 0.6 is 0 Å². The molecule has 0 spiro atoms. The maximum absolute atomic E-state index is 13.9. The van der Waals surface area contributed by atoms with E-state index < -0.39 is 15.6 Å². The van der Waals surface area contributed by atoms with E-state index in [2.05, 4.69) is 0 Å². The molecule has 0 radical (unpaired) electrons. The molecule has 2 saturated heterocycles. The number of benzene rings is 2. The van der Waals surface area contributed by atoms with Crippen LogP contribution in [0.5, 0.6) is 0 Å². The lowest BCUT2D eigenvalue weighted by atomic mass is 9.88. The van der Waals surface area contributed by atoms with Gasteiger partial charge in [-0.2, -0.15) is 4.31 Å². The van der Waals surface area contributed by atoms with Crippen LogP contribution in [-0.4, -0.2) is 47.7 Å². The lowest BCUT2D eigenvalue weighted by Crippen LogP contribution is -2.55. The summed E-state index contributed by atoms with van der Waals surface area (Å²) < 4.78 is 43.0. The number of piperidine rings is 1. The van der Waals surface area contributed by atoms with E-state index in [-0.39, 0.29) is 34.6 Å². The molecule has 32 heavy (non-hydrogen) atoms. The Hall–Kier alpha value is -2.25. The van der Waals surface area contributed by atoms with Crippen LogP contribution in [0.1, 0.15) is 45.6 Å². The molecule has 2 aromatic rings. The maximum Gasteiger partial charge on any atom is 0.243 e. The number of fused-ring (bicyclic) bond motifs is 1. The minimum absolute atomic E-state index is 0.0720. The molecule has 2 heterocycles. The third-order valence-corrected chi connectivity index (χ3v) is 8.90. The van der Waals surface area contributed by atoms with Crippen molar-refractivity contribution >= 4 is 15.9 Å². The zero-order chi connectivity index (χ0) is 23.1. The van der Waals surface area contributed by atoms with Crippen LogP contribution in [0, 0.1) is 11.7 Å². The fourth-order valence-corrected chi connectivity index (χ4v) is 7.52. The molecular weight excluding hydrogens is 427 g/mol. The molecule has 0 unspecified atom stereocenters. The number of amides is 1. The van der Waals surface area contributed by atoms with Crippen LogP contribution in [0.3, 0.4) is 0 Å². The first kappa shape index (κ1) is 22.9. The molecule has 4 rings (SSSR count). The van der Waals surface area contributed by atoms with E-state index in [1.54, 1.807) is 46.8 Å². The largest absolute Gasteiger partial charge is 0.338 e. The molecule has 2 aromatic carbocycles. The van der Waals surface area contributed by atoms with E-state index in [0.29, 0.717) is 19.4 Å². The number of carbonyl (C=O) groups excluding carboxylic acids is 1. The van der Waals surface area contributed by atoms with Crippen LogP contribution in [0.4, 0.5) is 4.39 Å². The van der Waals surface area contributed by atoms with Gasteiger partial charge in [0.2, 0.25) is 15.9 Å². The standard InChI is InChI=1S/C25H31FN2O3S/c1-18(2)24(29)27-15-7-10-22-23(27)17-25(3,16-19-11-13-20(26)14-12-19)28(22)32(30,31)21-8-5-4-6-9-21/h4-6,8-9,11-14,18,22-23H,7,10,15-17H2,1-3H3/t22-,23-,25+/m0/s1. The Kier molecular flexibility index (Phi) is 6.16. The fourth-order valence-electron chi connectivity index (χ4n) is 5.47. The van der Waals surface area contributed by atoms with Gasteiger partial charge < -0.3 is 4.90 Å². The first-order valence-corrected chi connectivity index (χ1v) is 12.7. The zero-order valence-electron chi connectivity index (χ0n) is 18.9. The van der Waals surface area contributed by atoms with Crippen LogP contribution < -0.4 is 0 Å². The second-order valence-electron chi connectivity index (χ2n) is 9.58. The van der Waals surface area contributed by atoms with Crippen molar-refractivity contribution in [2.24, 2.45) is 5.92 Å². The summed E-state index contributed by atoms with van der Waals surface area (Å²) in [6.45, 7) is 6.39. The normalized spacial score (nSPS) is 26.3. The third-order valence-electron chi connectivity index (χ3n) is 6.80. The third kappa shape index (κ3) is 4.08. The number of halogens is 1. The maximum atomic E-state index is 13.9. The Morgan fingerprint density at radius 1 is 1.09 bits per heavy atom. The van der Waals surface area contributed by atoms with E-state index in [4.69, 9.17) is 0 Å². The summed E-state index contributed by atoms with van der Waals surface area (Å²) >= 11 is 0. The summed E-state index contributed by atoms with van der Waals surface area (Å²) in [6.07, 6.45) is 2.50. The highest BCUT2D eigenvalue weighted by atomic mass is 32.2. The Morgan fingerprint density at radius 2 is 1.75 bits per heavy atom. The van der Waals surface area contributed by atoms with E-state index in [9.17, 15) is 17.6 Å². The van der Waals surface area contributed by atoms with Crippen molar-refractivity contribution in [1.82, 2.24) is 9.21 Å². The predicted molar refractivity (Wildman–Crippen MR) is 122 cm³/mol. The Labute approximate surface area is 190 Å². The van der Waals surface area contributed by atoms with Crippen LogP contribution in [-0.2, 0) is 21.2 Å². The fraction of sp³-hybridized carbons (Fsp3) is 0.480. The number of rotatable bonds is 5. The molecule has 2 fully saturated rings. The second-order valence-corrected chi connectivity index (χ2v) is 11.4. The lowest BCUT2D eigenvalue weighted by molar-refractivity contribution is -0.138. The molecule has 5 nitrogen and oxygen atoms in total. The first-order valence-electron chi connectivity index (χ1n) is 11.3. The zero-order valence-corrected chi connectivity index (χ0v) is 19.7. The average molecular weight is 459 g/mol. The summed E-state index contributed by atoms with van der Waals surface area (Å²) in [5.74, 6) is -0.388. The summed E-state index contributed by atoms with van der Waals surface area (Å²) in [7, 11) is -3.79. The molecule has 3 atom stereocenters. The highest BCUT2D eigenvalue weighted by molar-refractivity contribution is 7.89. The number of likely N-dealkylation sites (tertiary alicyclic amines) is 1. The Morgan fingerprint density at radius 3 is 2.38 bits per heavy atom. The molecule has 1 amide bonds. The van der Waals surface area contributed by atoms with Gasteiger partial charge in [0, 0.05) is 24.0 Å². The molecule has 2 aliphatic heterocycles. The van der Waals surface area contributed by atoms with Gasteiger partial charge in [0.05, 0.1) is 10.9 Å². The van der Waals surface area contributed by atoms with Crippen LogP contribution in [0.15, 0.2) is 59.5 Å². The van der Waals surface area contributed by atoms with E-state index in [1.165, 1.54) is 12.1 Å². The molecule has 0 bridgehead atoms. The lowest BCUT2D eigenvalue weighted by Gasteiger charge is -2.41. The van der Waals surface area contributed by atoms with Gasteiger partial charge in [-0.3, -0.25) is 4.79 Å². The average Bonchev–Trinajstić information content (AvgIpc) is 3.07. The van der Waals surface area contributed by atoms with Crippen molar-refractivity contribution in [3.63, 3.8) is 0 Å². The first-order chi connectivity index (χ1) is 15.1. The summed E-state index contributed by atoms with van der Waals surface area (Å²) in [5.41, 5.74) is 0.143. The minimum Gasteiger partial charge on any atom is -0.338 e. The number of nitrogens with zero attached hydrogens (tertiary/aromatic N) is 2. The van der Waals surface area contributed by atoms with Crippen LogP contribution in [0.2, 0.25) is 0 Å². The second kappa shape index (κ2) is 8.60. The van der Waals surface area contributed by atoms with E-state index in [0.717, 1.165) is 18.4 Å². The van der Waals surface area contributed by atoms with Gasteiger partial charge in [-0.15, -0.1) is 0 Å². The molecule has 172 valence electrons. The monoisotopic (exact) mass is 458 g/mol. The van der Waals surface area contributed by atoms with Gasteiger partial charge >= 0.3 is 0 Å². The smallest absolute Gasteiger partial charge is 0.243 e. The van der Waals surface area contributed by atoms with E-state index in [1.807, 2.05) is 25.7 Å². The van der Waals surface area contributed by atoms with Crippen molar-refractivity contribution in [2.45, 2.75) is 69.0 Å². The van der Waals surface area contributed by atoms with Crippen molar-refractivity contribution in [3.8, 4) is 0 Å². The molecule has 0 aromatic heterocycles. The van der Waals surface area contributed by atoms with Crippen LogP contribution in [0.25, 0.3) is 0 Å². The summed E-state index contributed by atoms with van der Waals surface area (Å²) in [5, 5.41) is 0. The van der Waals surface area contributed by atoms with Crippen molar-refractivity contribution in [2.75, 3.05) is 6.54 Å². The van der Waals surface area contributed by atoms with Crippen molar-refractivity contribution in [3.05, 3.63) is 66.0 Å². The molecule has 7 heteroatoms. The van der Waals surface area contributed by atoms with Crippen molar-refractivity contribution in [1.29, 1.82) is 0 Å². The van der Waals surface area contributed by atoms with Crippen molar-refractivity contribution < 1.29 is 17.6 Å². The number of sulfonamides is 1. The molecule has 0 saturated carbocycles. The molecule has 2 aliphatic rings. The van der Waals surface area contributed by atoms with Gasteiger partial charge in [-0.1, -0.05) is 44.2 Å². The summed E-state index contributed by atoms with van der Waals surface area (Å²) in [4.78, 5) is 15.2. The predicted octanol–water partition coefficient (Wildman–Crippen LogP) is 4.24. The molecular formula is C25H31FN2O3S. The Bertz CT molecular complexity index is 1070. The van der Waals surface area contributed by atoms with E-state index >= 15 is 0 Å². The quantitative estimate of drug-likeness (QED) is 0.674. The molecule has 0 aliphatic carbocycles. The van der Waals surface area contributed by atoms with Gasteiger partial charge in [0.15, 0.2) is 0 Å². The Balaban J connectivity index is 1.79. The summed E-state index contributed by atoms with van der Waals surface area (Å²) in [6, 6.07) is 14.3. The highest BCUT2D eigenvalue weighted by Gasteiger charge is 2.57. The SMILES string of the molecule is CC(C)C(=O)N1CCC[C@H]2[C@@H]1C[C@@](C)(Cc1ccc(F)cc1)N2S(=O)(=O)c1ccccc1. The van der Waals surface area contributed by atoms with Gasteiger partial charge in [-0.25, -0.2) is 12.8 Å². The highest BCUT2D eigenvalue weighted by Crippen LogP contribution is 2.46. The molecule has 0 N–H and O–H groups in total. The van der Waals surface area contributed by atoms with Gasteiger partial charge in [0.1, 0.15) is 5.82 Å². The topological polar surface area (TPSA) is 57.7 Å². The number of hydrogen-bond donors (Lipinski definition) is 0. The number of carbonyl (C=O) groups is 1.